The van der Waals surface area contributed by atoms with Crippen LogP contribution in [0, 0.1) is 0 Å². The molecule has 2 aliphatic heterocycles. The zero-order valence-electron chi connectivity index (χ0n) is 29.0. The van der Waals surface area contributed by atoms with E-state index in [-0.39, 0.29) is 32.0 Å². The Hall–Kier alpha value is -4.28. The van der Waals surface area contributed by atoms with Crippen molar-refractivity contribution >= 4 is 0 Å². The summed E-state index contributed by atoms with van der Waals surface area (Å²) < 4.78 is 34.7. The fraction of sp³-hybridized carbons (Fsp3) is 0.349. The van der Waals surface area contributed by atoms with E-state index >= 15 is 0 Å². The van der Waals surface area contributed by atoms with Crippen molar-refractivity contribution in [3.05, 3.63) is 156 Å². The van der Waals surface area contributed by atoms with E-state index < -0.39 is 17.6 Å². The van der Waals surface area contributed by atoms with Crippen molar-refractivity contribution < 1.29 is 38.6 Å². The fourth-order valence-corrected chi connectivity index (χ4v) is 6.50. The number of hydrogen-bond donors (Lipinski definition) is 2. The van der Waals surface area contributed by atoms with E-state index in [4.69, 9.17) is 28.4 Å². The van der Waals surface area contributed by atoms with E-state index in [0.29, 0.717) is 57.4 Å². The van der Waals surface area contributed by atoms with Gasteiger partial charge in [0.15, 0.2) is 0 Å². The topological polar surface area (TPSA) is 102 Å². The van der Waals surface area contributed by atoms with Crippen molar-refractivity contribution in [2.45, 2.75) is 42.7 Å². The van der Waals surface area contributed by atoms with Gasteiger partial charge < -0.3 is 38.6 Å². The number of benzene rings is 4. The number of aliphatic hydroxyl groups is 2. The van der Waals surface area contributed by atoms with Gasteiger partial charge in [-0.1, -0.05) is 97.1 Å². The van der Waals surface area contributed by atoms with Gasteiger partial charge in [0.1, 0.15) is 36.9 Å². The SMILES string of the molecule is C=CCOCC(O)COc1ccc(C(c2ccccc2)(c2ccccc2)c2ccc(OCC3CO3)c(CC(O)COCC=C)c2)cc1CC1CO1. The van der Waals surface area contributed by atoms with Crippen molar-refractivity contribution in [1.29, 1.82) is 0 Å². The summed E-state index contributed by atoms with van der Waals surface area (Å²) >= 11 is 0. The first-order valence-corrected chi connectivity index (χ1v) is 17.6. The molecule has 0 aromatic heterocycles. The first kappa shape index (κ1) is 36.5. The quantitative estimate of drug-likeness (QED) is 0.0459. The van der Waals surface area contributed by atoms with Crippen LogP contribution in [0.3, 0.4) is 0 Å². The third kappa shape index (κ3) is 9.54. The molecule has 4 aromatic carbocycles. The van der Waals surface area contributed by atoms with Crippen LogP contribution in [0.1, 0.15) is 33.4 Å². The highest BCUT2D eigenvalue weighted by molar-refractivity contribution is 5.62. The largest absolute Gasteiger partial charge is 0.491 e. The van der Waals surface area contributed by atoms with Crippen molar-refractivity contribution in [2.75, 3.05) is 52.9 Å². The molecule has 2 aliphatic rings. The van der Waals surface area contributed by atoms with E-state index in [1.54, 1.807) is 12.2 Å². The lowest BCUT2D eigenvalue weighted by Crippen LogP contribution is -2.32. The molecule has 0 bridgehead atoms. The molecule has 2 fully saturated rings. The number of epoxide rings is 2. The maximum absolute atomic E-state index is 11.1. The Labute approximate surface area is 300 Å². The second-order valence-electron chi connectivity index (χ2n) is 13.0. The zero-order chi connectivity index (χ0) is 35.5. The lowest BCUT2D eigenvalue weighted by molar-refractivity contribution is 0.0212. The first-order valence-electron chi connectivity index (χ1n) is 17.6. The first-order chi connectivity index (χ1) is 25.0. The van der Waals surface area contributed by atoms with Crippen LogP contribution in [0.2, 0.25) is 0 Å². The molecule has 51 heavy (non-hydrogen) atoms. The van der Waals surface area contributed by atoms with Gasteiger partial charge in [-0.3, -0.25) is 0 Å². The molecule has 268 valence electrons. The predicted molar refractivity (Wildman–Crippen MR) is 197 cm³/mol. The number of ether oxygens (including phenoxy) is 6. The van der Waals surface area contributed by atoms with E-state index in [0.717, 1.165) is 33.4 Å². The molecule has 4 atom stereocenters. The molecule has 0 saturated carbocycles. The molecule has 6 rings (SSSR count). The van der Waals surface area contributed by atoms with Crippen molar-refractivity contribution in [3.8, 4) is 11.5 Å². The van der Waals surface area contributed by atoms with Crippen LogP contribution in [-0.4, -0.2) is 87.5 Å². The molecule has 2 saturated heterocycles. The van der Waals surface area contributed by atoms with Gasteiger partial charge in [0, 0.05) is 12.8 Å². The van der Waals surface area contributed by atoms with Crippen LogP contribution >= 0.6 is 0 Å². The molecule has 0 amide bonds. The van der Waals surface area contributed by atoms with E-state index in [9.17, 15) is 10.2 Å². The minimum atomic E-state index is -0.787. The summed E-state index contributed by atoms with van der Waals surface area (Å²) in [6, 6.07) is 33.6. The average molecular weight is 693 g/mol. The van der Waals surface area contributed by atoms with Crippen LogP contribution in [0.4, 0.5) is 0 Å². The minimum absolute atomic E-state index is 0.0847. The summed E-state index contributed by atoms with van der Waals surface area (Å²) in [7, 11) is 0. The minimum Gasteiger partial charge on any atom is -0.491 e. The third-order valence-electron chi connectivity index (χ3n) is 9.06. The van der Waals surface area contributed by atoms with Gasteiger partial charge in [-0.2, -0.15) is 0 Å². The molecule has 0 spiro atoms. The van der Waals surface area contributed by atoms with Crippen LogP contribution in [0.25, 0.3) is 0 Å². The molecule has 8 heteroatoms. The molecule has 8 nitrogen and oxygen atoms in total. The van der Waals surface area contributed by atoms with Crippen molar-refractivity contribution in [1.82, 2.24) is 0 Å². The number of rotatable bonds is 22. The molecule has 4 aromatic rings. The third-order valence-corrected chi connectivity index (χ3v) is 9.06. The van der Waals surface area contributed by atoms with Gasteiger partial charge >= 0.3 is 0 Å². The second-order valence-corrected chi connectivity index (χ2v) is 13.0. The summed E-state index contributed by atoms with van der Waals surface area (Å²) in [6.07, 6.45) is 2.99. The summed E-state index contributed by atoms with van der Waals surface area (Å²) in [4.78, 5) is 0. The number of aliphatic hydroxyl groups excluding tert-OH is 2. The van der Waals surface area contributed by atoms with Gasteiger partial charge in [0.05, 0.1) is 57.3 Å². The van der Waals surface area contributed by atoms with Crippen LogP contribution in [0.5, 0.6) is 11.5 Å². The van der Waals surface area contributed by atoms with Crippen LogP contribution in [-0.2, 0) is 37.2 Å². The Kier molecular flexibility index (Phi) is 12.7. The highest BCUT2D eigenvalue weighted by atomic mass is 16.6. The Morgan fingerprint density at radius 1 is 0.647 bits per heavy atom. The maximum Gasteiger partial charge on any atom is 0.122 e. The molecule has 2 heterocycles. The van der Waals surface area contributed by atoms with Crippen molar-refractivity contribution in [3.63, 3.8) is 0 Å². The molecular formula is C43H48O8. The Balaban J connectivity index is 1.47. The maximum atomic E-state index is 11.1. The van der Waals surface area contributed by atoms with Crippen LogP contribution in [0.15, 0.2) is 122 Å². The summed E-state index contributed by atoms with van der Waals surface area (Å²) in [6.45, 7) is 10.3. The molecule has 4 unspecified atom stereocenters. The highest BCUT2D eigenvalue weighted by Crippen LogP contribution is 2.47. The van der Waals surface area contributed by atoms with E-state index in [1.165, 1.54) is 0 Å². The molecule has 0 radical (unpaired) electrons. The van der Waals surface area contributed by atoms with E-state index in [2.05, 4.69) is 86.0 Å². The van der Waals surface area contributed by atoms with Gasteiger partial charge in [-0.15, -0.1) is 13.2 Å². The summed E-state index contributed by atoms with van der Waals surface area (Å²) in [5.41, 5.74) is 5.31. The normalized spacial score (nSPS) is 17.7. The Morgan fingerprint density at radius 3 is 1.73 bits per heavy atom. The van der Waals surface area contributed by atoms with Gasteiger partial charge in [0.2, 0.25) is 0 Å². The van der Waals surface area contributed by atoms with Crippen LogP contribution < -0.4 is 9.47 Å². The summed E-state index contributed by atoms with van der Waals surface area (Å²) in [5, 5.41) is 21.6. The second kappa shape index (κ2) is 17.8. The smallest absolute Gasteiger partial charge is 0.122 e. The lowest BCUT2D eigenvalue weighted by atomic mass is 9.64. The van der Waals surface area contributed by atoms with Gasteiger partial charge in [0.25, 0.3) is 0 Å². The average Bonchev–Trinajstić information content (AvgIpc) is 4.10. The fourth-order valence-electron chi connectivity index (χ4n) is 6.50. The highest BCUT2D eigenvalue weighted by Gasteiger charge is 2.40. The Morgan fingerprint density at radius 2 is 1.18 bits per heavy atom. The van der Waals surface area contributed by atoms with Gasteiger partial charge in [-0.05, 0) is 45.5 Å². The van der Waals surface area contributed by atoms with Gasteiger partial charge in [-0.25, -0.2) is 0 Å². The molecule has 2 N–H and O–H groups in total. The lowest BCUT2D eigenvalue weighted by Gasteiger charge is -2.38. The standard InChI is InChI=1S/C43H48O8/c1-3-19-46-25-37(44)23-31-21-35(15-17-41(31)51-30-40-29-49-40)43(33-11-7-5-8-12-33,34-13-9-6-10-14-34)36-16-18-42(32(22-36)24-39-28-48-39)50-27-38(45)26-47-20-4-2/h3-18,21-22,37-40,44-45H,1-2,19-20,23-30H2. The Bertz CT molecular complexity index is 1660. The molecule has 0 aliphatic carbocycles. The summed E-state index contributed by atoms with van der Waals surface area (Å²) in [5.74, 6) is 1.40. The van der Waals surface area contributed by atoms with E-state index in [1.807, 2.05) is 24.3 Å². The molecular weight excluding hydrogens is 644 g/mol. The predicted octanol–water partition coefficient (Wildman–Crippen LogP) is 5.84. The van der Waals surface area contributed by atoms with Crippen molar-refractivity contribution in [2.24, 2.45) is 0 Å². The monoisotopic (exact) mass is 692 g/mol. The zero-order valence-corrected chi connectivity index (χ0v) is 29.0. The number of hydrogen-bond acceptors (Lipinski definition) is 8.